The molecule has 5 rings (SSSR count). The molecule has 0 aromatic heterocycles. The fourth-order valence-electron chi connectivity index (χ4n) is 4.92. The molecule has 1 saturated carbocycles. The fraction of sp³-hybridized carbons (Fsp3) is 0.267. The largest absolute Gasteiger partial charge is 0.506 e. The van der Waals surface area contributed by atoms with E-state index in [9.17, 15) is 20.3 Å². The van der Waals surface area contributed by atoms with Crippen molar-refractivity contribution < 1.29 is 19.7 Å². The average molecular weight is 515 g/mol. The van der Waals surface area contributed by atoms with Gasteiger partial charge in [-0.05, 0) is 55.2 Å². The molecule has 1 amide bonds. The van der Waals surface area contributed by atoms with Crippen LogP contribution < -0.4 is 0 Å². The number of aromatic hydroxyl groups is 1. The molecular formula is C30H27ClN2O4. The van der Waals surface area contributed by atoms with Crippen LogP contribution in [0.1, 0.15) is 57.9 Å². The van der Waals surface area contributed by atoms with Crippen LogP contribution in [0.4, 0.5) is 0 Å². The quantitative estimate of drug-likeness (QED) is 0.408. The Morgan fingerprint density at radius 3 is 2.38 bits per heavy atom. The molecule has 2 N–H and O–H groups in total. The molecule has 1 aliphatic heterocycles. The smallest absolute Gasteiger partial charge is 0.261 e. The van der Waals surface area contributed by atoms with Gasteiger partial charge in [-0.15, -0.1) is 0 Å². The van der Waals surface area contributed by atoms with Gasteiger partial charge in [-0.3, -0.25) is 9.69 Å². The zero-order chi connectivity index (χ0) is 26.4. The van der Waals surface area contributed by atoms with Gasteiger partial charge in [0, 0.05) is 33.7 Å². The Hall–Kier alpha value is -3.63. The van der Waals surface area contributed by atoms with Crippen molar-refractivity contribution in [2.75, 3.05) is 13.2 Å². The van der Waals surface area contributed by atoms with E-state index in [0.29, 0.717) is 32.8 Å². The number of nitrogens with zero attached hydrogens (tertiary/aromatic N) is 2. The van der Waals surface area contributed by atoms with E-state index >= 15 is 0 Å². The third kappa shape index (κ3) is 4.19. The van der Waals surface area contributed by atoms with E-state index in [2.05, 4.69) is 12.6 Å². The molecule has 0 saturated heterocycles. The highest BCUT2D eigenvalue weighted by Crippen LogP contribution is 2.53. The lowest BCUT2D eigenvalue weighted by Gasteiger charge is -2.40. The molecule has 3 aromatic rings. The number of ether oxygens (including phenoxy) is 1. The lowest BCUT2D eigenvalue weighted by molar-refractivity contribution is -0.128. The van der Waals surface area contributed by atoms with Gasteiger partial charge in [0.15, 0.2) is 5.72 Å². The number of carbonyl (C=O) groups excluding carboxylic acids is 1. The molecule has 0 spiro atoms. The Bertz CT molecular complexity index is 1420. The van der Waals surface area contributed by atoms with Crippen LogP contribution in [-0.4, -0.2) is 34.2 Å². The Morgan fingerprint density at radius 2 is 1.81 bits per heavy atom. The Labute approximate surface area is 221 Å². The van der Waals surface area contributed by atoms with Crippen molar-refractivity contribution in [1.29, 1.82) is 5.26 Å². The molecule has 3 aromatic carbocycles. The average Bonchev–Trinajstić information content (AvgIpc) is 3.64. The predicted molar refractivity (Wildman–Crippen MR) is 141 cm³/mol. The van der Waals surface area contributed by atoms with E-state index < -0.39 is 5.72 Å². The fourth-order valence-corrected chi connectivity index (χ4v) is 5.04. The number of aliphatic hydroxyl groups excluding tert-OH is 1. The van der Waals surface area contributed by atoms with Crippen molar-refractivity contribution in [3.63, 3.8) is 0 Å². The molecule has 6 nitrogen and oxygen atoms in total. The van der Waals surface area contributed by atoms with Crippen molar-refractivity contribution in [2.24, 2.45) is 5.41 Å². The zero-order valence-corrected chi connectivity index (χ0v) is 21.3. The van der Waals surface area contributed by atoms with Crippen LogP contribution in [0.25, 0.3) is 5.57 Å². The lowest BCUT2D eigenvalue weighted by Crippen LogP contribution is -2.47. The molecule has 1 fully saturated rings. The number of hydrogen-bond acceptors (Lipinski definition) is 5. The number of phenolic OH excluding ortho intramolecular Hbond substituents is 1. The number of halogens is 1. The molecule has 0 radical (unpaired) electrons. The molecule has 2 aliphatic rings. The number of amides is 1. The second-order valence-electron chi connectivity index (χ2n) is 9.96. The van der Waals surface area contributed by atoms with Gasteiger partial charge in [0.1, 0.15) is 5.75 Å². The molecule has 7 heteroatoms. The van der Waals surface area contributed by atoms with Gasteiger partial charge in [-0.2, -0.15) is 5.26 Å². The molecule has 1 aliphatic carbocycles. The topological polar surface area (TPSA) is 93.8 Å². The molecule has 37 heavy (non-hydrogen) atoms. The summed E-state index contributed by atoms with van der Waals surface area (Å²) in [5.41, 5.74) is 2.07. The highest BCUT2D eigenvalue weighted by Gasteiger charge is 2.55. The first-order valence-corrected chi connectivity index (χ1v) is 12.5. The minimum atomic E-state index is -1.37. The summed E-state index contributed by atoms with van der Waals surface area (Å²) in [4.78, 5) is 15.7. The van der Waals surface area contributed by atoms with Crippen LogP contribution in [0.5, 0.6) is 5.75 Å². The number of benzene rings is 3. The van der Waals surface area contributed by atoms with Gasteiger partial charge in [0.25, 0.3) is 5.91 Å². The van der Waals surface area contributed by atoms with Gasteiger partial charge < -0.3 is 14.9 Å². The predicted octanol–water partition coefficient (Wildman–Crippen LogP) is 5.60. The second kappa shape index (κ2) is 9.35. The SMILES string of the molecule is C=C(C)c1ccc2c(c1O)C(=O)N(Cc1ccc(C#N)cc1)C2(OCC1(CO)CC1)c1ccc(Cl)cc1. The summed E-state index contributed by atoms with van der Waals surface area (Å²) >= 11 is 6.22. The number of fused-ring (bicyclic) bond motifs is 1. The Balaban J connectivity index is 1.72. The van der Waals surface area contributed by atoms with E-state index in [-0.39, 0.29) is 42.4 Å². The molecule has 188 valence electrons. The van der Waals surface area contributed by atoms with Gasteiger partial charge in [-0.25, -0.2) is 0 Å². The van der Waals surface area contributed by atoms with E-state index in [0.717, 1.165) is 18.4 Å². The third-order valence-electron chi connectivity index (χ3n) is 7.38. The van der Waals surface area contributed by atoms with Gasteiger partial charge in [-0.1, -0.05) is 54.6 Å². The Morgan fingerprint density at radius 1 is 1.14 bits per heavy atom. The van der Waals surface area contributed by atoms with Crippen LogP contribution in [0, 0.1) is 16.7 Å². The molecular weight excluding hydrogens is 488 g/mol. The maximum Gasteiger partial charge on any atom is 0.261 e. The number of allylic oxidation sites excluding steroid dienone is 1. The highest BCUT2D eigenvalue weighted by atomic mass is 35.5. The number of aliphatic hydroxyl groups is 1. The van der Waals surface area contributed by atoms with Crippen molar-refractivity contribution in [1.82, 2.24) is 4.90 Å². The van der Waals surface area contributed by atoms with Crippen molar-refractivity contribution >= 4 is 23.1 Å². The highest BCUT2D eigenvalue weighted by molar-refractivity contribution is 6.30. The number of nitriles is 1. The minimum absolute atomic E-state index is 0.0139. The summed E-state index contributed by atoms with van der Waals surface area (Å²) in [5.74, 6) is -0.522. The van der Waals surface area contributed by atoms with Gasteiger partial charge in [0.2, 0.25) is 0 Å². The van der Waals surface area contributed by atoms with Crippen LogP contribution in [-0.2, 0) is 17.0 Å². The van der Waals surface area contributed by atoms with Crippen LogP contribution >= 0.6 is 11.6 Å². The normalized spacial score (nSPS) is 19.4. The van der Waals surface area contributed by atoms with Crippen LogP contribution in [0.15, 0.2) is 67.2 Å². The van der Waals surface area contributed by atoms with Gasteiger partial charge in [0.05, 0.1) is 30.4 Å². The lowest BCUT2D eigenvalue weighted by atomic mass is 9.90. The van der Waals surface area contributed by atoms with Crippen molar-refractivity contribution in [2.45, 2.75) is 32.0 Å². The molecule has 1 unspecified atom stereocenters. The monoisotopic (exact) mass is 514 g/mol. The third-order valence-corrected chi connectivity index (χ3v) is 7.63. The van der Waals surface area contributed by atoms with Crippen LogP contribution in [0.3, 0.4) is 0 Å². The summed E-state index contributed by atoms with van der Waals surface area (Å²) in [7, 11) is 0. The summed E-state index contributed by atoms with van der Waals surface area (Å²) < 4.78 is 6.73. The number of phenols is 1. The van der Waals surface area contributed by atoms with E-state index in [1.54, 1.807) is 54.3 Å². The second-order valence-corrected chi connectivity index (χ2v) is 10.4. The molecule has 1 atom stereocenters. The zero-order valence-electron chi connectivity index (χ0n) is 20.5. The van der Waals surface area contributed by atoms with E-state index in [1.165, 1.54) is 0 Å². The van der Waals surface area contributed by atoms with Crippen LogP contribution in [0.2, 0.25) is 5.02 Å². The Kier molecular flexibility index (Phi) is 6.33. The first-order chi connectivity index (χ1) is 17.7. The number of hydrogen-bond donors (Lipinski definition) is 2. The first kappa shape index (κ1) is 25.0. The maximum atomic E-state index is 14.1. The minimum Gasteiger partial charge on any atom is -0.506 e. The summed E-state index contributed by atoms with van der Waals surface area (Å²) in [6.45, 7) is 6.10. The maximum absolute atomic E-state index is 14.1. The summed E-state index contributed by atoms with van der Waals surface area (Å²) in [5, 5.41) is 31.0. The summed E-state index contributed by atoms with van der Waals surface area (Å²) in [6.07, 6.45) is 1.66. The number of rotatable bonds is 8. The van der Waals surface area contributed by atoms with E-state index in [4.69, 9.17) is 16.3 Å². The standard InChI is InChI=1S/C30H27ClN2O4/c1-19(2)24-11-12-25-26(27(24)35)28(36)33(16-21-5-3-20(15-32)4-6-21)30(25,22-7-9-23(31)10-8-22)37-18-29(17-34)13-14-29/h3-12,34-35H,1,13-14,16-18H2,2H3. The molecule has 1 heterocycles. The van der Waals surface area contributed by atoms with Gasteiger partial charge >= 0.3 is 0 Å². The van der Waals surface area contributed by atoms with Crippen molar-refractivity contribution in [3.05, 3.63) is 106 Å². The molecule has 0 bridgehead atoms. The first-order valence-electron chi connectivity index (χ1n) is 12.1. The number of carbonyl (C=O) groups is 1. The summed E-state index contributed by atoms with van der Waals surface area (Å²) in [6, 6.07) is 19.8. The van der Waals surface area contributed by atoms with Crippen molar-refractivity contribution in [3.8, 4) is 11.8 Å². The van der Waals surface area contributed by atoms with E-state index in [1.807, 2.05) is 18.2 Å².